The van der Waals surface area contributed by atoms with E-state index < -0.39 is 0 Å². The Morgan fingerprint density at radius 1 is 1.35 bits per heavy atom. The molecule has 0 spiro atoms. The standard InChI is InChI=1S/C15H21N3OS/c1-10(16-2)8-14-17-15(19-18-14)13-9-11-6-4-3-5-7-12(11)20-13/h9-10,16H,3-8H2,1-2H3. The first-order valence-electron chi connectivity index (χ1n) is 7.38. The lowest BCUT2D eigenvalue weighted by atomic mass is 10.1. The first kappa shape index (κ1) is 13.8. The molecule has 0 aromatic carbocycles. The number of aromatic nitrogens is 2. The summed E-state index contributed by atoms with van der Waals surface area (Å²) in [7, 11) is 1.95. The van der Waals surface area contributed by atoms with Crippen molar-refractivity contribution in [2.75, 3.05) is 7.05 Å². The molecule has 0 fully saturated rings. The Balaban J connectivity index is 1.79. The highest BCUT2D eigenvalue weighted by atomic mass is 32.1. The average Bonchev–Trinajstić information content (AvgIpc) is 3.01. The minimum atomic E-state index is 0.362. The fourth-order valence-electron chi connectivity index (χ4n) is 2.59. The predicted molar refractivity (Wildman–Crippen MR) is 81.1 cm³/mol. The van der Waals surface area contributed by atoms with Crippen molar-refractivity contribution in [1.82, 2.24) is 15.5 Å². The van der Waals surface area contributed by atoms with Crippen LogP contribution < -0.4 is 5.32 Å². The topological polar surface area (TPSA) is 51.0 Å². The Morgan fingerprint density at radius 3 is 3.05 bits per heavy atom. The summed E-state index contributed by atoms with van der Waals surface area (Å²) >= 11 is 1.83. The van der Waals surface area contributed by atoms with Gasteiger partial charge in [-0.15, -0.1) is 11.3 Å². The molecule has 0 saturated carbocycles. The minimum absolute atomic E-state index is 0.362. The summed E-state index contributed by atoms with van der Waals surface area (Å²) in [6, 6.07) is 2.62. The summed E-state index contributed by atoms with van der Waals surface area (Å²) < 4.78 is 5.43. The van der Waals surface area contributed by atoms with Crippen molar-refractivity contribution in [2.45, 2.75) is 51.5 Å². The van der Waals surface area contributed by atoms with Crippen LogP contribution in [0.15, 0.2) is 10.6 Å². The number of aryl methyl sites for hydroxylation is 2. The molecule has 1 unspecified atom stereocenters. The van der Waals surface area contributed by atoms with Gasteiger partial charge in [0.15, 0.2) is 5.82 Å². The second-order valence-corrected chi connectivity index (χ2v) is 6.67. The molecule has 5 heteroatoms. The normalized spacial score (nSPS) is 16.7. The fourth-order valence-corrected chi connectivity index (χ4v) is 3.76. The number of rotatable bonds is 4. The van der Waals surface area contributed by atoms with Gasteiger partial charge in [-0.2, -0.15) is 4.98 Å². The highest BCUT2D eigenvalue weighted by Gasteiger charge is 2.17. The minimum Gasteiger partial charge on any atom is -0.333 e. The van der Waals surface area contributed by atoms with Crippen molar-refractivity contribution in [2.24, 2.45) is 0 Å². The Morgan fingerprint density at radius 2 is 2.20 bits per heavy atom. The largest absolute Gasteiger partial charge is 0.333 e. The average molecular weight is 291 g/mol. The Labute approximate surface area is 123 Å². The molecule has 2 aromatic rings. The fraction of sp³-hybridized carbons (Fsp3) is 0.600. The highest BCUT2D eigenvalue weighted by Crippen LogP contribution is 2.34. The molecule has 1 N–H and O–H groups in total. The van der Waals surface area contributed by atoms with Crippen molar-refractivity contribution in [3.8, 4) is 10.8 Å². The van der Waals surface area contributed by atoms with Crippen molar-refractivity contribution in [1.29, 1.82) is 0 Å². The van der Waals surface area contributed by atoms with E-state index in [2.05, 4.69) is 28.4 Å². The summed E-state index contributed by atoms with van der Waals surface area (Å²) in [5.41, 5.74) is 1.49. The number of nitrogens with zero attached hydrogens (tertiary/aromatic N) is 2. The Hall–Kier alpha value is -1.20. The third kappa shape index (κ3) is 2.94. The maximum atomic E-state index is 5.43. The molecular formula is C15H21N3OS. The van der Waals surface area contributed by atoms with E-state index in [0.717, 1.165) is 17.1 Å². The summed E-state index contributed by atoms with van der Waals surface area (Å²) in [6.45, 7) is 2.11. The number of hydrogen-bond donors (Lipinski definition) is 1. The molecule has 3 rings (SSSR count). The zero-order valence-corrected chi connectivity index (χ0v) is 12.9. The smallest absolute Gasteiger partial charge is 0.268 e. The molecule has 0 amide bonds. The molecular weight excluding hydrogens is 270 g/mol. The number of nitrogens with one attached hydrogen (secondary N) is 1. The summed E-state index contributed by atoms with van der Waals surface area (Å²) in [5, 5.41) is 7.28. The van der Waals surface area contributed by atoms with Gasteiger partial charge in [0.1, 0.15) is 0 Å². The van der Waals surface area contributed by atoms with Gasteiger partial charge in [-0.1, -0.05) is 11.6 Å². The van der Waals surface area contributed by atoms with Crippen molar-refractivity contribution in [3.63, 3.8) is 0 Å². The van der Waals surface area contributed by atoms with Crippen LogP contribution in [-0.4, -0.2) is 23.2 Å². The van der Waals surface area contributed by atoms with E-state index in [0.29, 0.717) is 11.9 Å². The van der Waals surface area contributed by atoms with Gasteiger partial charge >= 0.3 is 0 Å². The van der Waals surface area contributed by atoms with E-state index in [1.807, 2.05) is 18.4 Å². The van der Waals surface area contributed by atoms with Crippen LogP contribution >= 0.6 is 11.3 Å². The molecule has 4 nitrogen and oxygen atoms in total. The molecule has 20 heavy (non-hydrogen) atoms. The SMILES string of the molecule is CNC(C)Cc1noc(-c2cc3c(s2)CCCCC3)n1. The molecule has 0 saturated heterocycles. The number of thiophene rings is 1. The van der Waals surface area contributed by atoms with Gasteiger partial charge in [0.25, 0.3) is 5.89 Å². The third-order valence-electron chi connectivity index (χ3n) is 3.91. The predicted octanol–water partition coefficient (Wildman–Crippen LogP) is 3.22. The van der Waals surface area contributed by atoms with Crippen LogP contribution in [0.5, 0.6) is 0 Å². The third-order valence-corrected chi connectivity index (χ3v) is 5.13. The quantitative estimate of drug-likeness (QED) is 0.879. The molecule has 0 aliphatic heterocycles. The van der Waals surface area contributed by atoms with E-state index in [9.17, 15) is 0 Å². The van der Waals surface area contributed by atoms with Gasteiger partial charge < -0.3 is 9.84 Å². The molecule has 0 bridgehead atoms. The second-order valence-electron chi connectivity index (χ2n) is 5.53. The molecule has 1 aliphatic carbocycles. The van der Waals surface area contributed by atoms with Crippen molar-refractivity contribution >= 4 is 11.3 Å². The van der Waals surface area contributed by atoms with Crippen LogP contribution in [0.2, 0.25) is 0 Å². The van der Waals surface area contributed by atoms with E-state index >= 15 is 0 Å². The lowest BCUT2D eigenvalue weighted by molar-refractivity contribution is 0.419. The monoisotopic (exact) mass is 291 g/mol. The van der Waals surface area contributed by atoms with Crippen LogP contribution in [0.25, 0.3) is 10.8 Å². The first-order chi connectivity index (χ1) is 9.76. The van der Waals surface area contributed by atoms with E-state index in [-0.39, 0.29) is 0 Å². The molecule has 1 aliphatic rings. The van der Waals surface area contributed by atoms with Crippen LogP contribution in [0.4, 0.5) is 0 Å². The summed E-state index contributed by atoms with van der Waals surface area (Å²) in [4.78, 5) is 7.17. The van der Waals surface area contributed by atoms with Crippen LogP contribution in [0.1, 0.15) is 42.5 Å². The lowest BCUT2D eigenvalue weighted by Crippen LogP contribution is -2.24. The summed E-state index contributed by atoms with van der Waals surface area (Å²) in [5.74, 6) is 1.46. The Bertz CT molecular complexity index is 552. The Kier molecular flexibility index (Phi) is 4.17. The van der Waals surface area contributed by atoms with E-state index in [4.69, 9.17) is 4.52 Å². The number of fused-ring (bicyclic) bond motifs is 1. The first-order valence-corrected chi connectivity index (χ1v) is 8.19. The van der Waals surface area contributed by atoms with Gasteiger partial charge in [-0.25, -0.2) is 0 Å². The molecule has 2 heterocycles. The van der Waals surface area contributed by atoms with Gasteiger partial charge in [0, 0.05) is 17.3 Å². The van der Waals surface area contributed by atoms with Crippen molar-refractivity contribution < 1.29 is 4.52 Å². The molecule has 108 valence electrons. The van der Waals surface area contributed by atoms with Gasteiger partial charge in [0.2, 0.25) is 0 Å². The number of likely N-dealkylation sites (N-methyl/N-ethyl adjacent to an activating group) is 1. The number of hydrogen-bond acceptors (Lipinski definition) is 5. The van der Waals surface area contributed by atoms with Crippen LogP contribution in [-0.2, 0) is 19.3 Å². The summed E-state index contributed by atoms with van der Waals surface area (Å²) in [6.07, 6.45) is 7.16. The zero-order valence-electron chi connectivity index (χ0n) is 12.1. The van der Waals surface area contributed by atoms with Gasteiger partial charge in [0.05, 0.1) is 4.88 Å². The lowest BCUT2D eigenvalue weighted by Gasteiger charge is -2.04. The maximum Gasteiger partial charge on any atom is 0.268 e. The van der Waals surface area contributed by atoms with E-state index in [1.54, 1.807) is 0 Å². The molecule has 2 aromatic heterocycles. The van der Waals surface area contributed by atoms with Gasteiger partial charge in [-0.3, -0.25) is 0 Å². The van der Waals surface area contributed by atoms with Crippen LogP contribution in [0, 0.1) is 0 Å². The van der Waals surface area contributed by atoms with E-state index in [1.165, 1.54) is 42.5 Å². The van der Waals surface area contributed by atoms with Crippen LogP contribution in [0.3, 0.4) is 0 Å². The maximum absolute atomic E-state index is 5.43. The highest BCUT2D eigenvalue weighted by molar-refractivity contribution is 7.15. The van der Waals surface area contributed by atoms with Crippen molar-refractivity contribution in [3.05, 3.63) is 22.3 Å². The second kappa shape index (κ2) is 6.06. The molecule has 0 radical (unpaired) electrons. The molecule has 1 atom stereocenters. The van der Waals surface area contributed by atoms with Gasteiger partial charge in [-0.05, 0) is 51.3 Å². The zero-order chi connectivity index (χ0) is 13.9.